The molecular weight excluding hydrogens is 355 g/mol. The fourth-order valence-corrected chi connectivity index (χ4v) is 2.75. The Hall–Kier alpha value is -3.68. The molecule has 0 radical (unpaired) electrons. The van der Waals surface area contributed by atoms with Gasteiger partial charge in [-0.25, -0.2) is 4.39 Å². The van der Waals surface area contributed by atoms with Gasteiger partial charge in [-0.15, -0.1) is 0 Å². The zero-order valence-electron chi connectivity index (χ0n) is 13.9. The van der Waals surface area contributed by atoms with Gasteiger partial charge in [0.05, 0.1) is 12.2 Å². The molecule has 1 aromatic heterocycles. The molecule has 2 heterocycles. The van der Waals surface area contributed by atoms with Crippen molar-refractivity contribution in [1.29, 1.82) is 0 Å². The highest BCUT2D eigenvalue weighted by molar-refractivity contribution is 5.95. The summed E-state index contributed by atoms with van der Waals surface area (Å²) < 4.78 is 25.6. The van der Waals surface area contributed by atoms with Crippen LogP contribution in [0.15, 0.2) is 64.4 Å². The van der Waals surface area contributed by atoms with Crippen LogP contribution in [0, 0.1) is 5.82 Å². The second kappa shape index (κ2) is 6.56. The molecule has 3 aromatic rings. The number of hydrogen-bond acceptors (Lipinski definition) is 5. The lowest BCUT2D eigenvalue weighted by molar-refractivity contribution is 0.0970. The van der Waals surface area contributed by atoms with E-state index < -0.39 is 22.7 Å². The van der Waals surface area contributed by atoms with Crippen LogP contribution in [0.2, 0.25) is 0 Å². The van der Waals surface area contributed by atoms with Gasteiger partial charge in [0.2, 0.25) is 6.79 Å². The Bertz CT molecular complexity index is 1150. The molecule has 4 rings (SSSR count). The van der Waals surface area contributed by atoms with Crippen LogP contribution in [-0.2, 0) is 6.54 Å². The summed E-state index contributed by atoms with van der Waals surface area (Å²) in [6, 6.07) is 9.85. The second-order valence-corrected chi connectivity index (χ2v) is 5.87. The van der Waals surface area contributed by atoms with Crippen molar-refractivity contribution in [3.8, 4) is 17.2 Å². The third-order valence-electron chi connectivity index (χ3n) is 4.17. The molecule has 0 bridgehead atoms. The van der Waals surface area contributed by atoms with Crippen LogP contribution < -0.4 is 20.6 Å². The van der Waals surface area contributed by atoms with E-state index in [9.17, 15) is 18.8 Å². The van der Waals surface area contributed by atoms with Crippen LogP contribution in [-0.4, -0.2) is 21.7 Å². The normalized spacial score (nSPS) is 12.2. The minimum Gasteiger partial charge on any atom is -0.454 e. The topological polar surface area (TPSA) is 79.5 Å². The molecule has 0 spiro atoms. The number of ketones is 1. The van der Waals surface area contributed by atoms with E-state index >= 15 is 0 Å². The summed E-state index contributed by atoms with van der Waals surface area (Å²) in [6.45, 7) is -0.220. The van der Waals surface area contributed by atoms with Gasteiger partial charge in [0, 0.05) is 24.0 Å². The van der Waals surface area contributed by atoms with Crippen molar-refractivity contribution in [3.05, 3.63) is 86.9 Å². The molecule has 2 aromatic carbocycles. The Morgan fingerprint density at radius 1 is 0.963 bits per heavy atom. The van der Waals surface area contributed by atoms with Crippen molar-refractivity contribution >= 4 is 5.78 Å². The number of halogens is 1. The van der Waals surface area contributed by atoms with Crippen LogP contribution in [0.25, 0.3) is 5.69 Å². The maximum atomic E-state index is 13.0. The van der Waals surface area contributed by atoms with Crippen LogP contribution in [0.4, 0.5) is 4.39 Å². The van der Waals surface area contributed by atoms with Crippen LogP contribution in [0.1, 0.15) is 10.4 Å². The predicted molar refractivity (Wildman–Crippen MR) is 93.2 cm³/mol. The lowest BCUT2D eigenvalue weighted by Gasteiger charge is -2.09. The lowest BCUT2D eigenvalue weighted by atomic mass is 10.1. The number of Topliss-reactive ketones (excluding diaryl/α,β-unsaturated/α-hetero) is 1. The molecule has 27 heavy (non-hydrogen) atoms. The Morgan fingerprint density at radius 3 is 2.48 bits per heavy atom. The molecule has 0 saturated heterocycles. The molecule has 7 nitrogen and oxygen atoms in total. The molecule has 0 atom stereocenters. The highest BCUT2D eigenvalue weighted by atomic mass is 19.1. The van der Waals surface area contributed by atoms with Gasteiger partial charge in [0.25, 0.3) is 0 Å². The minimum atomic E-state index is -0.842. The quantitative estimate of drug-likeness (QED) is 0.518. The van der Waals surface area contributed by atoms with Crippen molar-refractivity contribution in [2.24, 2.45) is 0 Å². The van der Waals surface area contributed by atoms with Crippen LogP contribution >= 0.6 is 0 Å². The van der Waals surface area contributed by atoms with E-state index in [2.05, 4.69) is 0 Å². The standard InChI is InChI=1S/C19H13FN2O5/c20-13-3-1-12(2-4-13)15(23)10-21-7-8-22(19(25)18(21)24)14-5-6-16-17(9-14)27-11-26-16/h1-9H,10-11H2. The molecule has 0 fully saturated rings. The molecule has 0 aliphatic carbocycles. The average Bonchev–Trinajstić information content (AvgIpc) is 3.14. The van der Waals surface area contributed by atoms with Crippen molar-refractivity contribution < 1.29 is 18.7 Å². The first kappa shape index (κ1) is 16.8. The highest BCUT2D eigenvalue weighted by Crippen LogP contribution is 2.33. The van der Waals surface area contributed by atoms with Gasteiger partial charge >= 0.3 is 11.1 Å². The number of carbonyl (C=O) groups excluding carboxylic acids is 1. The molecule has 0 unspecified atom stereocenters. The van der Waals surface area contributed by atoms with E-state index in [0.29, 0.717) is 17.2 Å². The highest BCUT2D eigenvalue weighted by Gasteiger charge is 2.16. The summed E-state index contributed by atoms with van der Waals surface area (Å²) in [5.74, 6) is 0.174. The van der Waals surface area contributed by atoms with Gasteiger partial charge in [0.15, 0.2) is 17.3 Å². The first-order valence-electron chi connectivity index (χ1n) is 8.04. The number of ether oxygens (including phenoxy) is 2. The van der Waals surface area contributed by atoms with E-state index in [1.807, 2.05) is 0 Å². The number of rotatable bonds is 4. The number of nitrogens with zero attached hydrogens (tertiary/aromatic N) is 2. The number of benzene rings is 2. The van der Waals surface area contributed by atoms with E-state index in [0.717, 1.165) is 16.7 Å². The Labute approximate surface area is 151 Å². The molecule has 8 heteroatoms. The second-order valence-electron chi connectivity index (χ2n) is 5.87. The van der Waals surface area contributed by atoms with Gasteiger partial charge < -0.3 is 14.0 Å². The van der Waals surface area contributed by atoms with Gasteiger partial charge in [-0.1, -0.05) is 0 Å². The van der Waals surface area contributed by atoms with Crippen molar-refractivity contribution in [3.63, 3.8) is 0 Å². The number of aromatic nitrogens is 2. The van der Waals surface area contributed by atoms with Crippen molar-refractivity contribution in [1.82, 2.24) is 9.13 Å². The summed E-state index contributed by atoms with van der Waals surface area (Å²) in [5, 5.41) is 0. The smallest absolute Gasteiger partial charge is 0.320 e. The molecule has 0 amide bonds. The fourth-order valence-electron chi connectivity index (χ4n) is 2.75. The first-order chi connectivity index (χ1) is 13.0. The van der Waals surface area contributed by atoms with Gasteiger partial charge in [-0.05, 0) is 36.4 Å². The fraction of sp³-hybridized carbons (Fsp3) is 0.105. The van der Waals surface area contributed by atoms with E-state index in [1.54, 1.807) is 18.2 Å². The minimum absolute atomic E-state index is 0.0980. The van der Waals surface area contributed by atoms with Gasteiger partial charge in [0.1, 0.15) is 5.82 Å². The maximum absolute atomic E-state index is 13.0. The van der Waals surface area contributed by atoms with Crippen LogP contribution in [0.3, 0.4) is 0 Å². The number of hydrogen-bond donors (Lipinski definition) is 0. The molecule has 0 N–H and O–H groups in total. The monoisotopic (exact) mass is 368 g/mol. The molecule has 1 aliphatic heterocycles. The Balaban J connectivity index is 1.64. The van der Waals surface area contributed by atoms with E-state index in [1.165, 1.54) is 29.1 Å². The third-order valence-corrected chi connectivity index (χ3v) is 4.17. The average molecular weight is 368 g/mol. The number of fused-ring (bicyclic) bond motifs is 1. The van der Waals surface area contributed by atoms with E-state index in [-0.39, 0.29) is 18.9 Å². The summed E-state index contributed by atoms with van der Waals surface area (Å²) in [5.41, 5.74) is -0.949. The van der Waals surface area contributed by atoms with E-state index in [4.69, 9.17) is 9.47 Å². The Kier molecular flexibility index (Phi) is 4.08. The predicted octanol–water partition coefficient (Wildman–Crippen LogP) is 1.75. The molecule has 1 aliphatic rings. The van der Waals surface area contributed by atoms with Gasteiger partial charge in [-0.3, -0.25) is 19.0 Å². The largest absolute Gasteiger partial charge is 0.454 e. The number of carbonyl (C=O) groups is 1. The molecule has 136 valence electrons. The Morgan fingerprint density at radius 2 is 1.70 bits per heavy atom. The first-order valence-corrected chi connectivity index (χ1v) is 8.04. The van der Waals surface area contributed by atoms with Crippen LogP contribution in [0.5, 0.6) is 11.5 Å². The third kappa shape index (κ3) is 3.12. The SMILES string of the molecule is O=C(Cn1ccn(-c2ccc3c(c2)OCO3)c(=O)c1=O)c1ccc(F)cc1. The van der Waals surface area contributed by atoms with Crippen molar-refractivity contribution in [2.45, 2.75) is 6.54 Å². The summed E-state index contributed by atoms with van der Waals surface area (Å²) >= 11 is 0. The van der Waals surface area contributed by atoms with Crippen molar-refractivity contribution in [2.75, 3.05) is 6.79 Å². The van der Waals surface area contributed by atoms with Gasteiger partial charge in [-0.2, -0.15) is 0 Å². The molecule has 0 saturated carbocycles. The maximum Gasteiger partial charge on any atom is 0.320 e. The zero-order chi connectivity index (χ0) is 19.0. The molecular formula is C19H13FN2O5. The summed E-state index contributed by atoms with van der Waals surface area (Å²) in [6.07, 6.45) is 2.76. The zero-order valence-corrected chi connectivity index (χ0v) is 13.9. The lowest BCUT2D eigenvalue weighted by Crippen LogP contribution is -2.41. The summed E-state index contributed by atoms with van der Waals surface area (Å²) in [4.78, 5) is 37.1. The summed E-state index contributed by atoms with van der Waals surface area (Å²) in [7, 11) is 0.